The van der Waals surface area contributed by atoms with Crippen LogP contribution in [0.3, 0.4) is 0 Å². The lowest BCUT2D eigenvalue weighted by Gasteiger charge is -2.11. The number of esters is 1. The van der Waals surface area contributed by atoms with E-state index < -0.39 is 29.6 Å². The number of ether oxygens (including phenoxy) is 1. The number of halogens is 4. The third-order valence-corrected chi connectivity index (χ3v) is 3.97. The minimum Gasteiger partial charge on any atom is -0.462 e. The fourth-order valence-corrected chi connectivity index (χ4v) is 2.69. The minimum atomic E-state index is -4.62. The number of nitrogens with zero attached hydrogens (tertiary/aromatic N) is 1. The van der Waals surface area contributed by atoms with Crippen molar-refractivity contribution in [1.82, 2.24) is 4.68 Å². The smallest absolute Gasteiger partial charge is 0.416 e. The first-order valence-electron chi connectivity index (χ1n) is 8.42. The first kappa shape index (κ1) is 20.2. The van der Waals surface area contributed by atoms with E-state index in [2.05, 4.69) is 10.7 Å². The van der Waals surface area contributed by atoms with Crippen LogP contribution in [-0.2, 0) is 10.9 Å². The number of alkyl halides is 3. The van der Waals surface area contributed by atoms with Gasteiger partial charge in [0.15, 0.2) is 0 Å². The molecule has 0 atom stereocenters. The van der Waals surface area contributed by atoms with Crippen molar-refractivity contribution in [2.24, 2.45) is 0 Å². The zero-order valence-electron chi connectivity index (χ0n) is 15.0. The van der Waals surface area contributed by atoms with Gasteiger partial charge < -0.3 is 10.1 Å². The molecule has 2 aromatic carbocycles. The summed E-state index contributed by atoms with van der Waals surface area (Å²) >= 11 is 0. The van der Waals surface area contributed by atoms with E-state index in [-0.39, 0.29) is 28.8 Å². The number of hydrogen-bond donors (Lipinski definition) is 2. The quantitative estimate of drug-likeness (QED) is 0.483. The fraction of sp³-hybridized carbons (Fsp3) is 0.158. The van der Waals surface area contributed by atoms with E-state index in [1.54, 1.807) is 6.92 Å². The van der Waals surface area contributed by atoms with E-state index in [1.165, 1.54) is 18.2 Å². The Hall–Kier alpha value is -3.56. The molecule has 1 aromatic heterocycles. The van der Waals surface area contributed by atoms with Crippen molar-refractivity contribution in [3.63, 3.8) is 0 Å². The van der Waals surface area contributed by atoms with Gasteiger partial charge in [-0.05, 0) is 31.2 Å². The standard InChI is InChI=1S/C19H15F4N3O3/c1-2-29-17(27)13-10-26(16-9-11(19(21,22)23)7-8-12(13)16)25-18(28)24-15-6-4-3-5-14(15)20/h3-10H,2H2,1H3,(H2,24,25,28). The van der Waals surface area contributed by atoms with Crippen LogP contribution >= 0.6 is 0 Å². The molecule has 0 saturated heterocycles. The van der Waals surface area contributed by atoms with Crippen molar-refractivity contribution >= 4 is 28.6 Å². The SMILES string of the molecule is CCOC(=O)c1cn(NC(=O)Nc2ccccc2F)c2cc(C(F)(F)F)ccc12. The molecule has 3 aromatic rings. The molecule has 29 heavy (non-hydrogen) atoms. The van der Waals surface area contributed by atoms with Gasteiger partial charge >= 0.3 is 18.2 Å². The molecule has 0 spiro atoms. The van der Waals surface area contributed by atoms with Crippen LogP contribution in [0, 0.1) is 5.82 Å². The predicted octanol–water partition coefficient (Wildman–Crippen LogP) is 4.75. The highest BCUT2D eigenvalue weighted by atomic mass is 19.4. The van der Waals surface area contributed by atoms with Gasteiger partial charge in [0.2, 0.25) is 0 Å². The van der Waals surface area contributed by atoms with Gasteiger partial charge in [-0.25, -0.2) is 19.4 Å². The molecule has 3 rings (SSSR count). The number of fused-ring (bicyclic) bond motifs is 1. The van der Waals surface area contributed by atoms with E-state index in [9.17, 15) is 27.2 Å². The van der Waals surface area contributed by atoms with Crippen LogP contribution in [0.25, 0.3) is 10.9 Å². The van der Waals surface area contributed by atoms with Crippen molar-refractivity contribution in [3.8, 4) is 0 Å². The molecule has 0 saturated carbocycles. The third-order valence-electron chi connectivity index (χ3n) is 3.97. The van der Waals surface area contributed by atoms with E-state index in [0.717, 1.165) is 35.1 Å². The number of rotatable bonds is 4. The Bertz CT molecular complexity index is 1080. The molecule has 0 aliphatic carbocycles. The monoisotopic (exact) mass is 409 g/mol. The molecule has 0 aliphatic rings. The van der Waals surface area contributed by atoms with Gasteiger partial charge in [-0.15, -0.1) is 0 Å². The van der Waals surface area contributed by atoms with Crippen LogP contribution in [0.5, 0.6) is 0 Å². The van der Waals surface area contributed by atoms with Crippen LogP contribution in [-0.4, -0.2) is 23.3 Å². The van der Waals surface area contributed by atoms with Crippen LogP contribution in [0.15, 0.2) is 48.7 Å². The molecular weight excluding hydrogens is 394 g/mol. The number of anilines is 1. The molecule has 6 nitrogen and oxygen atoms in total. The number of amides is 2. The molecule has 0 fully saturated rings. The maximum Gasteiger partial charge on any atom is 0.416 e. The minimum absolute atomic E-state index is 0.0261. The Kier molecular flexibility index (Phi) is 5.44. The average molecular weight is 409 g/mol. The zero-order chi connectivity index (χ0) is 21.2. The number of hydrogen-bond acceptors (Lipinski definition) is 3. The van der Waals surface area contributed by atoms with Gasteiger partial charge in [-0.2, -0.15) is 13.2 Å². The topological polar surface area (TPSA) is 72.4 Å². The number of benzene rings is 2. The normalized spacial score (nSPS) is 11.3. The molecule has 0 aliphatic heterocycles. The second-order valence-electron chi connectivity index (χ2n) is 5.91. The molecule has 2 N–H and O–H groups in total. The van der Waals surface area contributed by atoms with Gasteiger partial charge in [0.1, 0.15) is 5.82 Å². The van der Waals surface area contributed by atoms with Gasteiger partial charge in [0.05, 0.1) is 28.9 Å². The zero-order valence-corrected chi connectivity index (χ0v) is 15.0. The molecule has 0 radical (unpaired) electrons. The van der Waals surface area contributed by atoms with Crippen LogP contribution in [0.1, 0.15) is 22.8 Å². The first-order chi connectivity index (χ1) is 13.7. The van der Waals surface area contributed by atoms with Crippen molar-refractivity contribution < 1.29 is 31.9 Å². The molecule has 0 unspecified atom stereocenters. The number of aromatic nitrogens is 1. The lowest BCUT2D eigenvalue weighted by atomic mass is 10.1. The highest BCUT2D eigenvalue weighted by molar-refractivity contribution is 6.05. The number of nitrogens with one attached hydrogen (secondary N) is 2. The van der Waals surface area contributed by atoms with E-state index in [0.29, 0.717) is 0 Å². The summed E-state index contributed by atoms with van der Waals surface area (Å²) in [6.45, 7) is 1.65. The highest BCUT2D eigenvalue weighted by Crippen LogP contribution is 2.33. The van der Waals surface area contributed by atoms with Crippen LogP contribution < -0.4 is 10.7 Å². The second-order valence-corrected chi connectivity index (χ2v) is 5.91. The molecule has 10 heteroatoms. The lowest BCUT2D eigenvalue weighted by molar-refractivity contribution is -0.137. The van der Waals surface area contributed by atoms with Gasteiger partial charge in [-0.3, -0.25) is 4.68 Å². The maximum atomic E-state index is 13.7. The molecule has 1 heterocycles. The number of urea groups is 1. The molecular formula is C19H15F4N3O3. The van der Waals surface area contributed by atoms with Gasteiger partial charge in [-0.1, -0.05) is 18.2 Å². The summed E-state index contributed by atoms with van der Waals surface area (Å²) in [5.74, 6) is -1.45. The predicted molar refractivity (Wildman–Crippen MR) is 97.7 cm³/mol. The summed E-state index contributed by atoms with van der Waals surface area (Å²) in [5.41, 5.74) is 1.09. The molecule has 0 bridgehead atoms. The van der Waals surface area contributed by atoms with Gasteiger partial charge in [0, 0.05) is 11.6 Å². The number of carbonyl (C=O) groups excluding carboxylic acids is 2. The molecule has 152 valence electrons. The van der Waals surface area contributed by atoms with Crippen molar-refractivity contribution in [2.75, 3.05) is 17.3 Å². The summed E-state index contributed by atoms with van der Waals surface area (Å²) in [7, 11) is 0. The lowest BCUT2D eigenvalue weighted by Crippen LogP contribution is -2.27. The van der Waals surface area contributed by atoms with E-state index in [4.69, 9.17) is 4.74 Å². The van der Waals surface area contributed by atoms with E-state index in [1.807, 2.05) is 0 Å². The summed E-state index contributed by atoms with van der Waals surface area (Å²) < 4.78 is 58.8. The Morgan fingerprint density at radius 2 is 1.86 bits per heavy atom. The summed E-state index contributed by atoms with van der Waals surface area (Å²) in [6.07, 6.45) is -3.48. The number of carbonyl (C=O) groups is 2. The third kappa shape index (κ3) is 4.31. The molecule has 2 amide bonds. The summed E-state index contributed by atoms with van der Waals surface area (Å²) in [4.78, 5) is 24.4. The number of para-hydroxylation sites is 1. The average Bonchev–Trinajstić information content (AvgIpc) is 3.01. The van der Waals surface area contributed by atoms with Crippen molar-refractivity contribution in [3.05, 3.63) is 65.6 Å². The summed E-state index contributed by atoms with van der Waals surface area (Å²) in [5, 5.41) is 2.40. The largest absolute Gasteiger partial charge is 0.462 e. The Morgan fingerprint density at radius 1 is 1.14 bits per heavy atom. The summed E-state index contributed by atoms with van der Waals surface area (Å²) in [6, 6.07) is 7.21. The Labute approximate surface area is 162 Å². The van der Waals surface area contributed by atoms with Crippen molar-refractivity contribution in [2.45, 2.75) is 13.1 Å². The van der Waals surface area contributed by atoms with Crippen LogP contribution in [0.4, 0.5) is 28.0 Å². The maximum absolute atomic E-state index is 13.7. The second kappa shape index (κ2) is 7.82. The Balaban J connectivity index is 1.99. The van der Waals surface area contributed by atoms with Crippen LogP contribution in [0.2, 0.25) is 0 Å². The van der Waals surface area contributed by atoms with Crippen molar-refractivity contribution in [1.29, 1.82) is 0 Å². The Morgan fingerprint density at radius 3 is 2.52 bits per heavy atom. The van der Waals surface area contributed by atoms with Gasteiger partial charge in [0.25, 0.3) is 0 Å². The highest BCUT2D eigenvalue weighted by Gasteiger charge is 2.31. The fourth-order valence-electron chi connectivity index (χ4n) is 2.69. The first-order valence-corrected chi connectivity index (χ1v) is 8.42. The van der Waals surface area contributed by atoms with E-state index >= 15 is 0 Å².